The second kappa shape index (κ2) is 4.60. The van der Waals surface area contributed by atoms with E-state index < -0.39 is 5.97 Å². The average molecular weight is 223 g/mol. The van der Waals surface area contributed by atoms with Gasteiger partial charge in [-0.2, -0.15) is 0 Å². The van der Waals surface area contributed by atoms with Crippen LogP contribution in [0.2, 0.25) is 0 Å². The molecule has 0 atom stereocenters. The molecule has 0 bridgehead atoms. The van der Waals surface area contributed by atoms with Crippen molar-refractivity contribution in [1.82, 2.24) is 0 Å². The minimum absolute atomic E-state index is 0.189. The number of fused-ring (bicyclic) bond motifs is 1. The lowest BCUT2D eigenvalue weighted by Crippen LogP contribution is -2.06. The molecule has 0 amide bonds. The van der Waals surface area contributed by atoms with Crippen LogP contribution in [-0.4, -0.2) is 12.6 Å². The quantitative estimate of drug-likeness (QED) is 0.617. The van der Waals surface area contributed by atoms with Crippen LogP contribution in [0.5, 0.6) is 0 Å². The van der Waals surface area contributed by atoms with Gasteiger partial charge < -0.3 is 14.9 Å². The van der Waals surface area contributed by atoms with Gasteiger partial charge in [0.05, 0.1) is 12.3 Å². The third-order valence-corrected chi connectivity index (χ3v) is 2.92. The van der Waals surface area contributed by atoms with Gasteiger partial charge in [-0.25, -0.2) is 4.79 Å². The summed E-state index contributed by atoms with van der Waals surface area (Å²) >= 11 is 0. The van der Waals surface area contributed by atoms with Crippen LogP contribution in [0.15, 0.2) is 4.42 Å². The lowest BCUT2D eigenvalue weighted by atomic mass is 10.1. The molecule has 0 spiro atoms. The topological polar surface area (TPSA) is 65.5 Å². The molecule has 1 aliphatic carbocycles. The van der Waals surface area contributed by atoms with E-state index in [1.165, 1.54) is 6.42 Å². The summed E-state index contributed by atoms with van der Waals surface area (Å²) in [5.41, 5.74) is 7.43. The summed E-state index contributed by atoms with van der Waals surface area (Å²) in [7, 11) is 0. The van der Waals surface area contributed by atoms with Crippen LogP contribution in [0.1, 0.15) is 48.1 Å². The van der Waals surface area contributed by atoms with Gasteiger partial charge >= 0.3 is 5.97 Å². The summed E-state index contributed by atoms with van der Waals surface area (Å²) in [6, 6.07) is 0. The Morgan fingerprint density at radius 2 is 2.12 bits per heavy atom. The lowest BCUT2D eigenvalue weighted by molar-refractivity contribution is 0.0489. The molecule has 2 N–H and O–H groups in total. The van der Waals surface area contributed by atoms with E-state index >= 15 is 0 Å². The molecule has 0 aromatic carbocycles. The van der Waals surface area contributed by atoms with Crippen LogP contribution in [0, 0.1) is 0 Å². The first-order chi connectivity index (χ1) is 7.74. The molecule has 1 aromatic heterocycles. The molecule has 4 nitrogen and oxygen atoms in total. The maximum atomic E-state index is 11.6. The van der Waals surface area contributed by atoms with Crippen LogP contribution in [0.4, 0.5) is 5.69 Å². The van der Waals surface area contributed by atoms with E-state index in [0.717, 1.165) is 37.0 Å². The van der Waals surface area contributed by atoms with Crippen molar-refractivity contribution in [2.75, 3.05) is 12.3 Å². The van der Waals surface area contributed by atoms with Crippen LogP contribution in [0.3, 0.4) is 0 Å². The van der Waals surface area contributed by atoms with Crippen molar-refractivity contribution in [3.05, 3.63) is 17.1 Å². The number of rotatable bonds is 2. The molecule has 1 aromatic rings. The molecule has 1 aliphatic rings. The van der Waals surface area contributed by atoms with E-state index in [0.29, 0.717) is 12.3 Å². The molecular weight excluding hydrogens is 206 g/mol. The van der Waals surface area contributed by atoms with Crippen molar-refractivity contribution in [2.45, 2.75) is 39.0 Å². The number of esters is 1. The first-order valence-electron chi connectivity index (χ1n) is 5.81. The van der Waals surface area contributed by atoms with E-state index in [1.807, 2.05) is 0 Å². The van der Waals surface area contributed by atoms with Gasteiger partial charge in [-0.3, -0.25) is 0 Å². The number of carbonyl (C=O) groups excluding carboxylic acids is 1. The average Bonchev–Trinajstić information content (AvgIpc) is 2.47. The number of furan rings is 1. The predicted molar refractivity (Wildman–Crippen MR) is 60.3 cm³/mol. The number of carbonyl (C=O) groups is 1. The molecule has 0 aliphatic heterocycles. The number of ether oxygens (including phenoxy) is 1. The Morgan fingerprint density at radius 3 is 2.88 bits per heavy atom. The molecule has 88 valence electrons. The van der Waals surface area contributed by atoms with E-state index in [-0.39, 0.29) is 5.76 Å². The molecule has 0 radical (unpaired) electrons. The highest BCUT2D eigenvalue weighted by atomic mass is 16.5. The van der Waals surface area contributed by atoms with Gasteiger partial charge in [-0.1, -0.05) is 6.42 Å². The molecule has 16 heavy (non-hydrogen) atoms. The third kappa shape index (κ3) is 1.92. The van der Waals surface area contributed by atoms with Gasteiger partial charge in [0.25, 0.3) is 0 Å². The van der Waals surface area contributed by atoms with Crippen LogP contribution >= 0.6 is 0 Å². The fourth-order valence-corrected chi connectivity index (χ4v) is 2.12. The summed E-state index contributed by atoms with van der Waals surface area (Å²) in [6.07, 6.45) is 5.18. The zero-order valence-corrected chi connectivity index (χ0v) is 9.54. The van der Waals surface area contributed by atoms with Crippen molar-refractivity contribution in [3.8, 4) is 0 Å². The van der Waals surface area contributed by atoms with Gasteiger partial charge in [0.15, 0.2) is 0 Å². The summed E-state index contributed by atoms with van der Waals surface area (Å²) in [5, 5.41) is 0. The first-order valence-corrected chi connectivity index (χ1v) is 5.81. The van der Waals surface area contributed by atoms with E-state index in [4.69, 9.17) is 14.9 Å². The second-order valence-electron chi connectivity index (χ2n) is 4.03. The van der Waals surface area contributed by atoms with E-state index in [2.05, 4.69) is 0 Å². The second-order valence-corrected chi connectivity index (χ2v) is 4.03. The van der Waals surface area contributed by atoms with Crippen molar-refractivity contribution in [3.63, 3.8) is 0 Å². The highest BCUT2D eigenvalue weighted by Gasteiger charge is 2.24. The van der Waals surface area contributed by atoms with Crippen LogP contribution in [0.25, 0.3) is 0 Å². The monoisotopic (exact) mass is 223 g/mol. The number of aryl methyl sites for hydroxylation is 1. The van der Waals surface area contributed by atoms with Gasteiger partial charge in [0.1, 0.15) is 5.76 Å². The summed E-state index contributed by atoms with van der Waals surface area (Å²) in [6.45, 7) is 2.10. The van der Waals surface area contributed by atoms with Crippen molar-refractivity contribution >= 4 is 11.7 Å². The number of anilines is 1. The highest BCUT2D eigenvalue weighted by molar-refractivity contribution is 5.93. The minimum Gasteiger partial charge on any atom is -0.460 e. The normalized spacial score (nSPS) is 15.3. The molecule has 2 rings (SSSR count). The fraction of sp³-hybridized carbons (Fsp3) is 0.583. The van der Waals surface area contributed by atoms with Crippen molar-refractivity contribution in [1.29, 1.82) is 0 Å². The smallest absolute Gasteiger partial charge is 0.376 e. The van der Waals surface area contributed by atoms with Crippen LogP contribution < -0.4 is 5.73 Å². The standard InChI is InChI=1S/C12H17NO3/c1-2-15-12(14)11-10(13)8-6-4-3-5-7-9(8)16-11/h2-7,13H2,1H3. The van der Waals surface area contributed by atoms with Gasteiger partial charge in [0, 0.05) is 12.0 Å². The number of hydrogen-bond acceptors (Lipinski definition) is 4. The van der Waals surface area contributed by atoms with Crippen molar-refractivity contribution < 1.29 is 13.9 Å². The fourth-order valence-electron chi connectivity index (χ4n) is 2.12. The van der Waals surface area contributed by atoms with Crippen LogP contribution in [-0.2, 0) is 17.6 Å². The Balaban J connectivity index is 2.31. The Bertz CT molecular complexity index is 395. The summed E-state index contributed by atoms with van der Waals surface area (Å²) in [4.78, 5) is 11.6. The van der Waals surface area contributed by atoms with E-state index in [1.54, 1.807) is 6.92 Å². The largest absolute Gasteiger partial charge is 0.460 e. The maximum Gasteiger partial charge on any atom is 0.376 e. The van der Waals surface area contributed by atoms with Gasteiger partial charge in [-0.15, -0.1) is 0 Å². The summed E-state index contributed by atoms with van der Waals surface area (Å²) < 4.78 is 10.4. The molecular formula is C12H17NO3. The number of nitrogens with two attached hydrogens (primary N) is 1. The molecule has 0 saturated heterocycles. The molecule has 0 saturated carbocycles. The third-order valence-electron chi connectivity index (χ3n) is 2.92. The Labute approximate surface area is 94.8 Å². The maximum absolute atomic E-state index is 11.6. The minimum atomic E-state index is -0.451. The molecule has 4 heteroatoms. The van der Waals surface area contributed by atoms with E-state index in [9.17, 15) is 4.79 Å². The zero-order chi connectivity index (χ0) is 11.5. The van der Waals surface area contributed by atoms with Gasteiger partial charge in [0.2, 0.25) is 5.76 Å². The Hall–Kier alpha value is -1.45. The highest BCUT2D eigenvalue weighted by Crippen LogP contribution is 2.31. The number of hydrogen-bond donors (Lipinski definition) is 1. The van der Waals surface area contributed by atoms with Crippen molar-refractivity contribution in [2.24, 2.45) is 0 Å². The first kappa shape index (κ1) is 11.0. The zero-order valence-electron chi connectivity index (χ0n) is 9.54. The Kier molecular flexibility index (Phi) is 3.17. The summed E-state index contributed by atoms with van der Waals surface area (Å²) in [5.74, 6) is 0.611. The SMILES string of the molecule is CCOC(=O)c1oc2c(c1N)CCCCC2. The lowest BCUT2D eigenvalue weighted by Gasteiger charge is -2.00. The molecule has 0 fully saturated rings. The predicted octanol–water partition coefficient (Wildman–Crippen LogP) is 2.31. The molecule has 0 unspecified atom stereocenters. The Morgan fingerprint density at radius 1 is 1.38 bits per heavy atom. The number of nitrogen functional groups attached to an aromatic ring is 1. The van der Waals surface area contributed by atoms with Gasteiger partial charge in [-0.05, 0) is 26.2 Å². The molecule has 1 heterocycles.